The zero-order chi connectivity index (χ0) is 20.5. The first-order valence-corrected chi connectivity index (χ1v) is 11.1. The Morgan fingerprint density at radius 2 is 1.68 bits per heavy atom. The first-order valence-electron chi connectivity index (χ1n) is 11.1. The molecule has 5 heteroatoms. The molecular formula is C23H36O5. The molecule has 4 aliphatic carbocycles. The molecule has 0 saturated heterocycles. The number of aliphatic hydroxyl groups excluding tert-OH is 1. The van der Waals surface area contributed by atoms with Crippen molar-refractivity contribution in [2.24, 2.45) is 34.5 Å². The number of Topliss-reactive ketones (excluding diaryl/α,β-unsaturated/α-hetero) is 1. The van der Waals surface area contributed by atoms with E-state index in [4.69, 9.17) is 4.74 Å². The molecule has 0 bridgehead atoms. The molecule has 4 fully saturated rings. The van der Waals surface area contributed by atoms with Gasteiger partial charge in [0.05, 0.1) is 11.7 Å². The summed E-state index contributed by atoms with van der Waals surface area (Å²) in [6.07, 6.45) is 5.97. The highest BCUT2D eigenvalue weighted by Gasteiger charge is 2.70. The van der Waals surface area contributed by atoms with E-state index in [1.165, 1.54) is 6.92 Å². The summed E-state index contributed by atoms with van der Waals surface area (Å²) in [5.41, 5.74) is -1.66. The van der Waals surface area contributed by atoms with Crippen LogP contribution in [0.2, 0.25) is 0 Å². The summed E-state index contributed by atoms with van der Waals surface area (Å²) in [5.74, 6) is 0.482. The number of hydrogen-bond donors (Lipinski definition) is 2. The lowest BCUT2D eigenvalue weighted by Gasteiger charge is -2.64. The fourth-order valence-electron chi connectivity index (χ4n) is 8.16. The van der Waals surface area contributed by atoms with Crippen LogP contribution >= 0.6 is 0 Å². The van der Waals surface area contributed by atoms with E-state index >= 15 is 0 Å². The van der Waals surface area contributed by atoms with Gasteiger partial charge in [-0.3, -0.25) is 9.59 Å². The Morgan fingerprint density at radius 3 is 2.32 bits per heavy atom. The van der Waals surface area contributed by atoms with Crippen LogP contribution in [0.15, 0.2) is 0 Å². The van der Waals surface area contributed by atoms with Crippen LogP contribution in [0.4, 0.5) is 0 Å². The first kappa shape index (κ1) is 20.3. The van der Waals surface area contributed by atoms with Crippen LogP contribution in [0.5, 0.6) is 0 Å². The second-order valence-corrected chi connectivity index (χ2v) is 10.7. The van der Waals surface area contributed by atoms with Crippen LogP contribution in [-0.4, -0.2) is 39.8 Å². The van der Waals surface area contributed by atoms with Crippen LogP contribution in [0, 0.1) is 34.5 Å². The molecule has 3 unspecified atom stereocenters. The summed E-state index contributed by atoms with van der Waals surface area (Å²) >= 11 is 0. The number of hydrogen-bond acceptors (Lipinski definition) is 5. The molecule has 5 nitrogen and oxygen atoms in total. The van der Waals surface area contributed by atoms with Gasteiger partial charge in [0, 0.05) is 18.3 Å². The topological polar surface area (TPSA) is 83.8 Å². The van der Waals surface area contributed by atoms with Gasteiger partial charge < -0.3 is 14.9 Å². The lowest BCUT2D eigenvalue weighted by atomic mass is 9.42. The number of rotatable bonds is 2. The third kappa shape index (κ3) is 2.57. The van der Waals surface area contributed by atoms with Gasteiger partial charge in [-0.15, -0.1) is 0 Å². The fraction of sp³-hybridized carbons (Fsp3) is 0.913. The largest absolute Gasteiger partial charge is 0.463 e. The van der Waals surface area contributed by atoms with E-state index in [2.05, 4.69) is 6.92 Å². The lowest BCUT2D eigenvalue weighted by Crippen LogP contribution is -2.67. The highest BCUT2D eigenvalue weighted by atomic mass is 16.5. The molecule has 9 atom stereocenters. The zero-order valence-corrected chi connectivity index (χ0v) is 17.7. The molecule has 158 valence electrons. The minimum atomic E-state index is -0.966. The standard InChI is InChI=1S/C23H36O5/c1-13(24)17-8-10-23(27)18-6-5-15-11-16(28-14(2)25)7-9-21(15,3)19(18)12-20(26)22(17,23)4/h15-20,26-27H,5-12H2,1-4H3/t15-,16-,17?,18?,19?,20+,21-,22-,23-/m0/s1. The summed E-state index contributed by atoms with van der Waals surface area (Å²) in [6, 6.07) is 0. The van der Waals surface area contributed by atoms with Gasteiger partial charge in [-0.2, -0.15) is 0 Å². The molecule has 0 aromatic rings. The van der Waals surface area contributed by atoms with Gasteiger partial charge in [-0.05, 0) is 81.5 Å². The Hall–Kier alpha value is -0.940. The quantitative estimate of drug-likeness (QED) is 0.705. The predicted octanol–water partition coefficient (Wildman–Crippen LogP) is 3.25. The molecule has 0 heterocycles. The normalized spacial score (nSPS) is 52.9. The number of esters is 1. The van der Waals surface area contributed by atoms with E-state index in [-0.39, 0.29) is 41.0 Å². The maximum atomic E-state index is 12.3. The van der Waals surface area contributed by atoms with Gasteiger partial charge in [0.1, 0.15) is 11.9 Å². The molecule has 4 saturated carbocycles. The van der Waals surface area contributed by atoms with E-state index in [0.717, 1.165) is 32.1 Å². The molecule has 0 aromatic heterocycles. The molecule has 2 N–H and O–H groups in total. The molecule has 28 heavy (non-hydrogen) atoms. The van der Waals surface area contributed by atoms with Crippen molar-refractivity contribution in [1.29, 1.82) is 0 Å². The number of carbonyl (C=O) groups is 2. The minimum absolute atomic E-state index is 0.00238. The van der Waals surface area contributed by atoms with Crippen LogP contribution in [0.25, 0.3) is 0 Å². The number of ketones is 1. The highest BCUT2D eigenvalue weighted by Crippen LogP contribution is 2.69. The van der Waals surface area contributed by atoms with Crippen molar-refractivity contribution in [2.45, 2.75) is 96.9 Å². The SMILES string of the molecule is CC(=O)O[C@H]1CC[C@]2(C)C3C[C@@H](O)[C@]4(C)C(C(C)=O)CC[C@]4(O)C3CC[C@H]2C1. The summed E-state index contributed by atoms with van der Waals surface area (Å²) in [6.45, 7) is 7.37. The molecule has 0 aliphatic heterocycles. The van der Waals surface area contributed by atoms with Gasteiger partial charge >= 0.3 is 5.97 Å². The second-order valence-electron chi connectivity index (χ2n) is 10.7. The van der Waals surface area contributed by atoms with Crippen LogP contribution < -0.4 is 0 Å². The Kier molecular flexibility index (Phi) is 4.74. The van der Waals surface area contributed by atoms with Gasteiger partial charge in [0.25, 0.3) is 0 Å². The van der Waals surface area contributed by atoms with Crippen molar-refractivity contribution in [3.05, 3.63) is 0 Å². The van der Waals surface area contributed by atoms with E-state index in [9.17, 15) is 19.8 Å². The monoisotopic (exact) mass is 392 g/mol. The lowest BCUT2D eigenvalue weighted by molar-refractivity contribution is -0.246. The average molecular weight is 393 g/mol. The zero-order valence-electron chi connectivity index (χ0n) is 17.7. The Bertz CT molecular complexity index is 676. The summed E-state index contributed by atoms with van der Waals surface area (Å²) in [5, 5.41) is 23.2. The number of ether oxygens (including phenoxy) is 1. The maximum absolute atomic E-state index is 12.3. The van der Waals surface area contributed by atoms with Gasteiger partial charge in [0.2, 0.25) is 0 Å². The van der Waals surface area contributed by atoms with E-state index in [1.54, 1.807) is 6.92 Å². The number of carbonyl (C=O) groups excluding carboxylic acids is 2. The molecule has 0 amide bonds. The molecule has 0 radical (unpaired) electrons. The smallest absolute Gasteiger partial charge is 0.302 e. The minimum Gasteiger partial charge on any atom is -0.463 e. The van der Waals surface area contributed by atoms with Crippen molar-refractivity contribution in [3.8, 4) is 0 Å². The number of fused-ring (bicyclic) bond motifs is 5. The Labute approximate surface area is 168 Å². The Morgan fingerprint density at radius 1 is 0.964 bits per heavy atom. The molecular weight excluding hydrogens is 356 g/mol. The van der Waals surface area contributed by atoms with Crippen molar-refractivity contribution in [2.75, 3.05) is 0 Å². The molecule has 0 aromatic carbocycles. The molecule has 0 spiro atoms. The fourth-order valence-corrected chi connectivity index (χ4v) is 8.16. The van der Waals surface area contributed by atoms with Crippen LogP contribution in [0.1, 0.15) is 79.1 Å². The van der Waals surface area contributed by atoms with E-state index in [1.807, 2.05) is 6.92 Å². The Balaban J connectivity index is 1.63. The second kappa shape index (κ2) is 6.53. The van der Waals surface area contributed by atoms with E-state index < -0.39 is 17.1 Å². The summed E-state index contributed by atoms with van der Waals surface area (Å²) < 4.78 is 5.51. The summed E-state index contributed by atoms with van der Waals surface area (Å²) in [4.78, 5) is 23.7. The van der Waals surface area contributed by atoms with Crippen molar-refractivity contribution in [1.82, 2.24) is 0 Å². The third-order valence-electron chi connectivity index (χ3n) is 9.72. The predicted molar refractivity (Wildman–Crippen MR) is 104 cm³/mol. The van der Waals surface area contributed by atoms with E-state index in [0.29, 0.717) is 25.2 Å². The van der Waals surface area contributed by atoms with Crippen LogP contribution in [-0.2, 0) is 14.3 Å². The maximum Gasteiger partial charge on any atom is 0.302 e. The van der Waals surface area contributed by atoms with Crippen molar-refractivity contribution in [3.63, 3.8) is 0 Å². The van der Waals surface area contributed by atoms with Crippen LogP contribution in [0.3, 0.4) is 0 Å². The summed E-state index contributed by atoms with van der Waals surface area (Å²) in [7, 11) is 0. The number of aliphatic hydroxyl groups is 2. The van der Waals surface area contributed by atoms with Crippen molar-refractivity contribution >= 4 is 11.8 Å². The van der Waals surface area contributed by atoms with Gasteiger partial charge in [-0.1, -0.05) is 13.8 Å². The third-order valence-corrected chi connectivity index (χ3v) is 9.72. The average Bonchev–Trinajstić information content (AvgIpc) is 2.89. The highest BCUT2D eigenvalue weighted by molar-refractivity contribution is 5.80. The van der Waals surface area contributed by atoms with Crippen molar-refractivity contribution < 1.29 is 24.5 Å². The van der Waals surface area contributed by atoms with Gasteiger partial charge in [-0.25, -0.2) is 0 Å². The molecule has 4 aliphatic rings. The van der Waals surface area contributed by atoms with Gasteiger partial charge in [0.15, 0.2) is 0 Å². The first-order chi connectivity index (χ1) is 13.0. The molecule has 4 rings (SSSR count).